The van der Waals surface area contributed by atoms with E-state index in [-0.39, 0.29) is 41.7 Å². The van der Waals surface area contributed by atoms with Crippen molar-refractivity contribution in [3.63, 3.8) is 0 Å². The first-order valence-electron chi connectivity index (χ1n) is 15.6. The van der Waals surface area contributed by atoms with Gasteiger partial charge in [-0.1, -0.05) is 50.2 Å². The maximum absolute atomic E-state index is 14.7. The van der Waals surface area contributed by atoms with Crippen LogP contribution in [0.2, 0.25) is 0 Å². The van der Waals surface area contributed by atoms with Crippen molar-refractivity contribution in [3.05, 3.63) is 82.4 Å². The summed E-state index contributed by atoms with van der Waals surface area (Å²) in [4.78, 5) is 50.6. The molecule has 0 spiro atoms. The number of carbonyl (C=O) groups excluding carboxylic acids is 3. The Labute approximate surface area is 267 Å². The van der Waals surface area contributed by atoms with E-state index < -0.39 is 42.4 Å². The number of oxazole rings is 1. The van der Waals surface area contributed by atoms with E-state index in [2.05, 4.69) is 4.98 Å². The van der Waals surface area contributed by atoms with Gasteiger partial charge in [0, 0.05) is 18.5 Å². The Morgan fingerprint density at radius 3 is 2.54 bits per heavy atom. The van der Waals surface area contributed by atoms with Crippen LogP contribution in [0.25, 0.3) is 11.1 Å². The number of benzene rings is 3. The lowest BCUT2D eigenvalue weighted by Crippen LogP contribution is -2.44. The van der Waals surface area contributed by atoms with Gasteiger partial charge in [-0.3, -0.25) is 24.2 Å². The van der Waals surface area contributed by atoms with Crippen molar-refractivity contribution in [2.24, 2.45) is 17.4 Å². The van der Waals surface area contributed by atoms with E-state index in [0.29, 0.717) is 35.2 Å². The summed E-state index contributed by atoms with van der Waals surface area (Å²) in [7, 11) is 0. The number of nitrogens with zero attached hydrogens (tertiary/aromatic N) is 3. The van der Waals surface area contributed by atoms with E-state index in [1.807, 2.05) is 31.2 Å². The summed E-state index contributed by atoms with van der Waals surface area (Å²) in [5.41, 5.74) is 16.6. The predicted molar refractivity (Wildman–Crippen MR) is 176 cm³/mol. The van der Waals surface area contributed by atoms with Crippen LogP contribution in [0.4, 0.5) is 17.4 Å². The van der Waals surface area contributed by atoms with Crippen LogP contribution >= 0.6 is 0 Å². The molecule has 2 heterocycles. The van der Waals surface area contributed by atoms with E-state index in [0.717, 1.165) is 11.1 Å². The molecule has 3 aromatic carbocycles. The number of Topliss-reactive ketones (excluding diaryl/α,β-unsaturated/α-hetero) is 1. The summed E-state index contributed by atoms with van der Waals surface area (Å²) in [5, 5.41) is 20.2. The van der Waals surface area contributed by atoms with Crippen molar-refractivity contribution in [2.45, 2.75) is 65.1 Å². The molecule has 0 aliphatic carbocycles. The number of aromatic nitrogens is 1. The quantitative estimate of drug-likeness (QED) is 0.191. The molecule has 6 N–H and O–H groups in total. The van der Waals surface area contributed by atoms with Gasteiger partial charge in [-0.2, -0.15) is 4.98 Å². The van der Waals surface area contributed by atoms with Gasteiger partial charge in [0.15, 0.2) is 11.4 Å². The smallest absolute Gasteiger partial charge is 0.305 e. The number of anilines is 3. The molecule has 11 nitrogen and oxygen atoms in total. The number of aryl methyl sites for hydroxylation is 2. The minimum atomic E-state index is -1.21. The maximum atomic E-state index is 14.7. The highest BCUT2D eigenvalue weighted by Gasteiger charge is 2.38. The van der Waals surface area contributed by atoms with Crippen LogP contribution in [0.3, 0.4) is 0 Å². The number of hydrogen-bond donors (Lipinski definition) is 4. The first-order valence-corrected chi connectivity index (χ1v) is 15.6. The number of carbonyl (C=O) groups is 3. The van der Waals surface area contributed by atoms with Crippen molar-refractivity contribution >= 4 is 46.1 Å². The number of nitrogens with two attached hydrogens (primary N) is 2. The third-order valence-electron chi connectivity index (χ3n) is 8.55. The fourth-order valence-corrected chi connectivity index (χ4v) is 5.86. The zero-order valence-electron chi connectivity index (χ0n) is 26.6. The minimum Gasteiger partial charge on any atom is -0.423 e. The first-order chi connectivity index (χ1) is 22.0. The van der Waals surface area contributed by atoms with E-state index in [9.17, 15) is 24.6 Å². The zero-order chi connectivity index (χ0) is 33.3. The van der Waals surface area contributed by atoms with E-state index in [4.69, 9.17) is 15.9 Å². The third-order valence-corrected chi connectivity index (χ3v) is 8.55. The average molecular weight is 628 g/mol. The van der Waals surface area contributed by atoms with Gasteiger partial charge < -0.3 is 26.1 Å². The molecule has 242 valence electrons. The summed E-state index contributed by atoms with van der Waals surface area (Å²) >= 11 is 0. The highest BCUT2D eigenvalue weighted by molar-refractivity contribution is 6.20. The number of hydrogen-bond acceptors (Lipinski definition) is 9. The van der Waals surface area contributed by atoms with E-state index >= 15 is 0 Å². The number of fused-ring (bicyclic) bond motifs is 2. The fourth-order valence-electron chi connectivity index (χ4n) is 5.86. The topological polar surface area (TPSA) is 176 Å². The SMILES string of the molecule is CCN(C(=O)c1ccc(C[C@H](O)CO)c(C(=O)C(N)C(C)C)c1N1C(=O)C(N)CCc2ccccc21)c1nc2c(C)cccc2o1. The molecule has 4 aromatic rings. The number of rotatable bonds is 10. The molecule has 0 radical (unpaired) electrons. The van der Waals surface area contributed by atoms with Gasteiger partial charge in [-0.15, -0.1) is 0 Å². The Balaban J connectivity index is 1.83. The Hall–Kier alpha value is -4.42. The summed E-state index contributed by atoms with van der Waals surface area (Å²) < 4.78 is 6.03. The molecular formula is C35H41N5O6. The number of ketones is 1. The largest absolute Gasteiger partial charge is 0.423 e. The molecule has 1 aromatic heterocycles. The van der Waals surface area contributed by atoms with Crippen LogP contribution in [-0.4, -0.2) is 64.1 Å². The van der Waals surface area contributed by atoms with Crippen molar-refractivity contribution in [1.82, 2.24) is 4.98 Å². The van der Waals surface area contributed by atoms with Crippen LogP contribution in [0, 0.1) is 12.8 Å². The lowest BCUT2D eigenvalue weighted by Gasteiger charge is -2.32. The standard InChI is InChI=1S/C35H41N5O6/c1-5-39(35-38-30-20(4)9-8-12-27(30)46-35)33(44)24-15-13-22(17-23(42)18-41)28(32(43)29(37)19(2)3)31(24)40-26-11-7-6-10-21(26)14-16-25(36)34(40)45/h6-13,15,19,23,25,29,41-42H,5,14,16-18,36-37H2,1-4H3/t23-,25?,29?/m0/s1. The third kappa shape index (κ3) is 6.06. The minimum absolute atomic E-state index is 0.0151. The Morgan fingerprint density at radius 2 is 1.87 bits per heavy atom. The van der Waals surface area contributed by atoms with Crippen LogP contribution in [0.5, 0.6) is 0 Å². The van der Waals surface area contributed by atoms with Crippen molar-refractivity contribution in [1.29, 1.82) is 0 Å². The lowest BCUT2D eigenvalue weighted by atomic mass is 9.87. The molecule has 0 fully saturated rings. The number of aliphatic hydroxyl groups excluding tert-OH is 2. The molecule has 1 aliphatic heterocycles. The summed E-state index contributed by atoms with van der Waals surface area (Å²) in [6.07, 6.45) is -0.469. The predicted octanol–water partition coefficient (Wildman–Crippen LogP) is 3.80. The Kier molecular flexibility index (Phi) is 9.68. The summed E-state index contributed by atoms with van der Waals surface area (Å²) in [5.74, 6) is -1.86. The fraction of sp³-hybridized carbons (Fsp3) is 0.371. The van der Waals surface area contributed by atoms with Gasteiger partial charge in [0.2, 0.25) is 5.91 Å². The summed E-state index contributed by atoms with van der Waals surface area (Å²) in [6, 6.07) is 14.0. The van der Waals surface area contributed by atoms with Crippen LogP contribution in [0.1, 0.15) is 64.6 Å². The van der Waals surface area contributed by atoms with Gasteiger partial charge >= 0.3 is 6.01 Å². The van der Waals surface area contributed by atoms with Gasteiger partial charge in [0.25, 0.3) is 5.91 Å². The van der Waals surface area contributed by atoms with Crippen molar-refractivity contribution in [3.8, 4) is 0 Å². The van der Waals surface area contributed by atoms with E-state index in [1.165, 1.54) is 15.9 Å². The zero-order valence-corrected chi connectivity index (χ0v) is 26.6. The second kappa shape index (κ2) is 13.5. The molecule has 0 bridgehead atoms. The second-order valence-electron chi connectivity index (χ2n) is 12.1. The Bertz CT molecular complexity index is 1780. The number of para-hydroxylation sites is 2. The molecule has 2 unspecified atom stereocenters. The Morgan fingerprint density at radius 1 is 1.13 bits per heavy atom. The maximum Gasteiger partial charge on any atom is 0.305 e. The van der Waals surface area contributed by atoms with Crippen molar-refractivity contribution < 1.29 is 29.0 Å². The normalized spacial score (nSPS) is 16.3. The average Bonchev–Trinajstić information content (AvgIpc) is 3.44. The van der Waals surface area contributed by atoms with Gasteiger partial charge in [0.05, 0.1) is 41.7 Å². The van der Waals surface area contributed by atoms with Gasteiger partial charge in [-0.05, 0) is 67.5 Å². The van der Waals surface area contributed by atoms with Crippen LogP contribution < -0.4 is 21.3 Å². The molecule has 11 heteroatoms. The highest BCUT2D eigenvalue weighted by atomic mass is 16.4. The molecule has 1 aliphatic rings. The second-order valence-corrected chi connectivity index (χ2v) is 12.1. The molecule has 0 saturated carbocycles. The monoisotopic (exact) mass is 627 g/mol. The van der Waals surface area contributed by atoms with E-state index in [1.54, 1.807) is 45.0 Å². The molecular weight excluding hydrogens is 586 g/mol. The summed E-state index contributed by atoms with van der Waals surface area (Å²) in [6.45, 7) is 6.87. The van der Waals surface area contributed by atoms with Crippen LogP contribution in [-0.2, 0) is 17.6 Å². The molecule has 0 saturated heterocycles. The molecule has 2 amide bonds. The number of amides is 2. The molecule has 5 rings (SSSR count). The van der Waals surface area contributed by atoms with Crippen LogP contribution in [0.15, 0.2) is 59.0 Å². The number of aliphatic hydroxyl groups is 2. The van der Waals surface area contributed by atoms with Crippen molar-refractivity contribution in [2.75, 3.05) is 23.0 Å². The first kappa shape index (κ1) is 33.0. The molecule has 46 heavy (non-hydrogen) atoms. The highest BCUT2D eigenvalue weighted by Crippen LogP contribution is 2.41. The lowest BCUT2D eigenvalue weighted by molar-refractivity contribution is -0.119. The van der Waals surface area contributed by atoms with Gasteiger partial charge in [0.1, 0.15) is 5.52 Å². The molecule has 3 atom stereocenters. The van der Waals surface area contributed by atoms with Gasteiger partial charge in [-0.25, -0.2) is 0 Å².